The fourth-order valence-corrected chi connectivity index (χ4v) is 2.82. The number of hydrogen-bond acceptors (Lipinski definition) is 2. The molecule has 1 saturated carbocycles. The molecule has 1 N–H and O–H groups in total. The topological polar surface area (TPSA) is 15.3 Å². The van der Waals surface area contributed by atoms with Crippen LogP contribution in [0.1, 0.15) is 33.1 Å². The maximum Gasteiger partial charge on any atom is 0.0193 e. The molecule has 0 saturated heterocycles. The summed E-state index contributed by atoms with van der Waals surface area (Å²) in [5.74, 6) is 0.913. The molecule has 0 bridgehead atoms. The van der Waals surface area contributed by atoms with Crippen molar-refractivity contribution in [1.29, 1.82) is 0 Å². The smallest absolute Gasteiger partial charge is 0.0193 e. The van der Waals surface area contributed by atoms with E-state index in [2.05, 4.69) is 30.1 Å². The van der Waals surface area contributed by atoms with E-state index in [4.69, 9.17) is 0 Å². The fourth-order valence-electron chi connectivity index (χ4n) is 2.82. The van der Waals surface area contributed by atoms with Crippen molar-refractivity contribution < 1.29 is 0 Å². The third-order valence-corrected chi connectivity index (χ3v) is 3.86. The molecule has 2 unspecified atom stereocenters. The van der Waals surface area contributed by atoms with Crippen molar-refractivity contribution in [3.8, 4) is 0 Å². The van der Waals surface area contributed by atoms with Gasteiger partial charge in [0.2, 0.25) is 0 Å². The Hall–Kier alpha value is -0.340. The Bertz CT molecular complexity index is 235. The van der Waals surface area contributed by atoms with Gasteiger partial charge in [-0.05, 0) is 45.2 Å². The lowest BCUT2D eigenvalue weighted by atomic mass is 9.77. The van der Waals surface area contributed by atoms with Crippen LogP contribution in [0.2, 0.25) is 0 Å². The zero-order valence-corrected chi connectivity index (χ0v) is 10.1. The van der Waals surface area contributed by atoms with Gasteiger partial charge in [-0.3, -0.25) is 4.90 Å². The highest BCUT2D eigenvalue weighted by Gasteiger charge is 2.35. The molecule has 0 radical (unpaired) electrons. The van der Waals surface area contributed by atoms with E-state index >= 15 is 0 Å². The Morgan fingerprint density at radius 1 is 1.47 bits per heavy atom. The number of rotatable bonds is 4. The third-order valence-electron chi connectivity index (χ3n) is 3.86. The van der Waals surface area contributed by atoms with Gasteiger partial charge < -0.3 is 5.32 Å². The van der Waals surface area contributed by atoms with Crippen molar-refractivity contribution in [2.24, 2.45) is 5.92 Å². The first-order valence-electron chi connectivity index (χ1n) is 6.41. The van der Waals surface area contributed by atoms with Gasteiger partial charge in [-0.2, -0.15) is 0 Å². The third kappa shape index (κ3) is 2.61. The maximum absolute atomic E-state index is 3.49. The lowest BCUT2D eigenvalue weighted by Crippen LogP contribution is -2.51. The molecule has 2 heteroatoms. The SMILES string of the molecule is CCNCC1CCC1N1CCC=C(C)C1. The monoisotopic (exact) mass is 208 g/mol. The number of nitrogens with zero attached hydrogens (tertiary/aromatic N) is 1. The molecule has 0 aromatic heterocycles. The molecule has 1 aliphatic heterocycles. The zero-order valence-electron chi connectivity index (χ0n) is 10.1. The normalized spacial score (nSPS) is 32.3. The summed E-state index contributed by atoms with van der Waals surface area (Å²) in [5.41, 5.74) is 1.57. The molecule has 86 valence electrons. The van der Waals surface area contributed by atoms with Gasteiger partial charge in [-0.25, -0.2) is 0 Å². The molecule has 1 fully saturated rings. The lowest BCUT2D eigenvalue weighted by molar-refractivity contribution is 0.0674. The molecule has 2 nitrogen and oxygen atoms in total. The second kappa shape index (κ2) is 5.13. The van der Waals surface area contributed by atoms with E-state index in [9.17, 15) is 0 Å². The van der Waals surface area contributed by atoms with Gasteiger partial charge in [0, 0.05) is 19.1 Å². The van der Waals surface area contributed by atoms with Gasteiger partial charge in [-0.1, -0.05) is 18.6 Å². The van der Waals surface area contributed by atoms with E-state index in [1.54, 1.807) is 5.57 Å². The van der Waals surface area contributed by atoms with Gasteiger partial charge in [0.25, 0.3) is 0 Å². The molecule has 15 heavy (non-hydrogen) atoms. The van der Waals surface area contributed by atoms with Gasteiger partial charge in [0.1, 0.15) is 0 Å². The summed E-state index contributed by atoms with van der Waals surface area (Å²) in [4.78, 5) is 2.70. The predicted molar refractivity (Wildman–Crippen MR) is 65.0 cm³/mol. The van der Waals surface area contributed by atoms with Crippen molar-refractivity contribution in [2.75, 3.05) is 26.2 Å². The molecule has 1 heterocycles. The van der Waals surface area contributed by atoms with Crippen LogP contribution in [0.3, 0.4) is 0 Å². The Morgan fingerprint density at radius 3 is 2.93 bits per heavy atom. The molecule has 0 amide bonds. The van der Waals surface area contributed by atoms with Crippen molar-refractivity contribution in [1.82, 2.24) is 10.2 Å². The highest BCUT2D eigenvalue weighted by molar-refractivity contribution is 5.07. The van der Waals surface area contributed by atoms with E-state index < -0.39 is 0 Å². The molecule has 2 aliphatic rings. The summed E-state index contributed by atoms with van der Waals surface area (Å²) in [7, 11) is 0. The summed E-state index contributed by atoms with van der Waals surface area (Å²) in [6, 6.07) is 0.868. The summed E-state index contributed by atoms with van der Waals surface area (Å²) in [6.45, 7) is 9.30. The second-order valence-electron chi connectivity index (χ2n) is 5.02. The molecule has 2 rings (SSSR count). The van der Waals surface area contributed by atoms with E-state index in [1.807, 2.05) is 0 Å². The molecule has 0 aromatic carbocycles. The summed E-state index contributed by atoms with van der Waals surface area (Å²) in [5, 5.41) is 3.49. The van der Waals surface area contributed by atoms with Crippen molar-refractivity contribution in [2.45, 2.75) is 39.2 Å². The summed E-state index contributed by atoms with van der Waals surface area (Å²) in [6.07, 6.45) is 6.50. The van der Waals surface area contributed by atoms with Crippen molar-refractivity contribution >= 4 is 0 Å². The summed E-state index contributed by atoms with van der Waals surface area (Å²) < 4.78 is 0. The molecular weight excluding hydrogens is 184 g/mol. The van der Waals surface area contributed by atoms with E-state index in [-0.39, 0.29) is 0 Å². The molecular formula is C13H24N2. The predicted octanol–water partition coefficient (Wildman–Crippen LogP) is 2.03. The van der Waals surface area contributed by atoms with E-state index in [0.29, 0.717) is 0 Å². The standard InChI is InChI=1S/C13H24N2/c1-3-14-9-12-6-7-13(12)15-8-4-5-11(2)10-15/h5,12-14H,3-4,6-10H2,1-2H3. The number of hydrogen-bond donors (Lipinski definition) is 1. The largest absolute Gasteiger partial charge is 0.317 e. The van der Waals surface area contributed by atoms with Crippen LogP contribution in [0.25, 0.3) is 0 Å². The van der Waals surface area contributed by atoms with Crippen LogP contribution in [-0.4, -0.2) is 37.1 Å². The van der Waals surface area contributed by atoms with Gasteiger partial charge in [0.15, 0.2) is 0 Å². The molecule has 0 spiro atoms. The Kier molecular flexibility index (Phi) is 3.81. The van der Waals surface area contributed by atoms with Gasteiger partial charge in [0.05, 0.1) is 0 Å². The Balaban J connectivity index is 1.81. The second-order valence-corrected chi connectivity index (χ2v) is 5.02. The van der Waals surface area contributed by atoms with Crippen molar-refractivity contribution in [3.05, 3.63) is 11.6 Å². The highest BCUT2D eigenvalue weighted by Crippen LogP contribution is 2.33. The Labute approximate surface area is 93.7 Å². The highest BCUT2D eigenvalue weighted by atomic mass is 15.2. The van der Waals surface area contributed by atoms with Crippen LogP contribution in [0.4, 0.5) is 0 Å². The molecule has 2 atom stereocenters. The minimum Gasteiger partial charge on any atom is -0.317 e. The van der Waals surface area contributed by atoms with Gasteiger partial charge >= 0.3 is 0 Å². The van der Waals surface area contributed by atoms with Crippen LogP contribution >= 0.6 is 0 Å². The first-order chi connectivity index (χ1) is 7.31. The number of nitrogens with one attached hydrogen (secondary N) is 1. The average molecular weight is 208 g/mol. The molecule has 1 aliphatic carbocycles. The minimum atomic E-state index is 0.868. The minimum absolute atomic E-state index is 0.868. The molecule has 0 aromatic rings. The van der Waals surface area contributed by atoms with E-state index in [0.717, 1.165) is 18.5 Å². The maximum atomic E-state index is 3.49. The zero-order chi connectivity index (χ0) is 10.7. The van der Waals surface area contributed by atoms with Crippen LogP contribution in [0.5, 0.6) is 0 Å². The first kappa shape index (κ1) is 11.2. The average Bonchev–Trinajstić information content (AvgIpc) is 2.17. The lowest BCUT2D eigenvalue weighted by Gasteiger charge is -2.46. The first-order valence-corrected chi connectivity index (χ1v) is 6.41. The van der Waals surface area contributed by atoms with Crippen LogP contribution < -0.4 is 5.32 Å². The quantitative estimate of drug-likeness (QED) is 0.711. The van der Waals surface area contributed by atoms with Crippen LogP contribution in [-0.2, 0) is 0 Å². The van der Waals surface area contributed by atoms with Crippen molar-refractivity contribution in [3.63, 3.8) is 0 Å². The fraction of sp³-hybridized carbons (Fsp3) is 0.846. The van der Waals surface area contributed by atoms with Crippen LogP contribution in [0.15, 0.2) is 11.6 Å². The Morgan fingerprint density at radius 2 is 2.33 bits per heavy atom. The van der Waals surface area contributed by atoms with Gasteiger partial charge in [-0.15, -0.1) is 0 Å². The summed E-state index contributed by atoms with van der Waals surface area (Å²) >= 11 is 0. The van der Waals surface area contributed by atoms with Crippen LogP contribution in [0, 0.1) is 5.92 Å². The van der Waals surface area contributed by atoms with E-state index in [1.165, 1.54) is 38.9 Å².